The molecule has 4 nitrogen and oxygen atoms in total. The lowest BCUT2D eigenvalue weighted by Crippen LogP contribution is -2.54. The maximum absolute atomic E-state index is 6.50. The van der Waals surface area contributed by atoms with Crippen molar-refractivity contribution in [3.63, 3.8) is 0 Å². The Bertz CT molecular complexity index is 425. The molecule has 0 bridgehead atoms. The van der Waals surface area contributed by atoms with E-state index in [9.17, 15) is 0 Å². The zero-order valence-electron chi connectivity index (χ0n) is 24.7. The molecule has 0 amide bonds. The van der Waals surface area contributed by atoms with Gasteiger partial charge in [0.2, 0.25) is 0 Å². The fourth-order valence-corrected chi connectivity index (χ4v) is 4.56. The van der Waals surface area contributed by atoms with Crippen LogP contribution in [-0.4, -0.2) is 49.2 Å². The molecule has 3 atom stereocenters. The molecule has 0 aliphatic heterocycles. The van der Waals surface area contributed by atoms with E-state index in [0.29, 0.717) is 12.6 Å². The summed E-state index contributed by atoms with van der Waals surface area (Å²) in [6, 6.07) is 0.483. The average Bonchev–Trinajstić information content (AvgIpc) is 2.74. The van der Waals surface area contributed by atoms with Crippen molar-refractivity contribution in [2.75, 3.05) is 6.61 Å². The number of ether oxygens (including phenoxy) is 3. The molecule has 0 saturated carbocycles. The van der Waals surface area contributed by atoms with Gasteiger partial charge in [-0.3, -0.25) is 0 Å². The smallest absolute Gasteiger partial charge is 0.101 e. The molecule has 34 heavy (non-hydrogen) atoms. The van der Waals surface area contributed by atoms with Crippen LogP contribution < -0.4 is 5.32 Å². The number of hydrogen-bond donors (Lipinski definition) is 1. The number of unbranched alkanes of at least 4 members (excludes halogenated alkanes) is 11. The van der Waals surface area contributed by atoms with Crippen LogP contribution in [0.15, 0.2) is 0 Å². The SMILES string of the molecule is CCCCCCCCCCCCCCC(OC(C)C)C(OC(C)C)C(COC(C)C)NC(C)C. The first-order valence-electron chi connectivity index (χ1n) is 14.9. The molecule has 0 aromatic rings. The quantitative estimate of drug-likeness (QED) is 0.139. The van der Waals surface area contributed by atoms with Gasteiger partial charge in [-0.1, -0.05) is 97.8 Å². The Kier molecular flexibility index (Phi) is 22.0. The molecule has 0 aromatic carbocycles. The molecule has 0 aliphatic rings. The second kappa shape index (κ2) is 22.1. The van der Waals surface area contributed by atoms with E-state index < -0.39 is 0 Å². The van der Waals surface area contributed by atoms with E-state index in [0.717, 1.165) is 6.42 Å². The third kappa shape index (κ3) is 20.1. The van der Waals surface area contributed by atoms with E-state index in [4.69, 9.17) is 14.2 Å². The highest BCUT2D eigenvalue weighted by atomic mass is 16.6. The molecule has 0 radical (unpaired) electrons. The monoisotopic (exact) mass is 485 g/mol. The third-order valence-electron chi connectivity index (χ3n) is 6.14. The fourth-order valence-electron chi connectivity index (χ4n) is 4.56. The van der Waals surface area contributed by atoms with Crippen molar-refractivity contribution >= 4 is 0 Å². The Morgan fingerprint density at radius 3 is 1.44 bits per heavy atom. The molecule has 0 spiro atoms. The molecule has 0 heterocycles. The van der Waals surface area contributed by atoms with E-state index in [1.165, 1.54) is 77.0 Å². The minimum atomic E-state index is -0.0174. The lowest BCUT2D eigenvalue weighted by molar-refractivity contribution is -0.135. The first-order valence-corrected chi connectivity index (χ1v) is 14.9. The Morgan fingerprint density at radius 2 is 1.03 bits per heavy atom. The van der Waals surface area contributed by atoms with Gasteiger partial charge in [-0.05, 0) is 48.0 Å². The van der Waals surface area contributed by atoms with Crippen LogP contribution in [0.1, 0.15) is 146 Å². The van der Waals surface area contributed by atoms with Crippen LogP contribution in [0, 0.1) is 0 Å². The minimum absolute atomic E-state index is 0.0174. The Balaban J connectivity index is 4.66. The summed E-state index contributed by atoms with van der Waals surface area (Å²) in [7, 11) is 0. The van der Waals surface area contributed by atoms with Crippen LogP contribution in [0.3, 0.4) is 0 Å². The number of nitrogens with one attached hydrogen (secondary N) is 1. The van der Waals surface area contributed by atoms with Crippen molar-refractivity contribution in [1.29, 1.82) is 0 Å². The van der Waals surface area contributed by atoms with E-state index in [-0.39, 0.29) is 36.6 Å². The zero-order valence-corrected chi connectivity index (χ0v) is 24.7. The highest BCUT2D eigenvalue weighted by molar-refractivity contribution is 4.86. The molecule has 0 fully saturated rings. The van der Waals surface area contributed by atoms with E-state index in [1.807, 2.05) is 0 Å². The normalized spacial score (nSPS) is 15.1. The van der Waals surface area contributed by atoms with Gasteiger partial charge in [0.1, 0.15) is 6.10 Å². The van der Waals surface area contributed by atoms with Crippen LogP contribution in [-0.2, 0) is 14.2 Å². The van der Waals surface area contributed by atoms with Gasteiger partial charge in [0.15, 0.2) is 0 Å². The maximum Gasteiger partial charge on any atom is 0.101 e. The van der Waals surface area contributed by atoms with Crippen LogP contribution >= 0.6 is 0 Å². The van der Waals surface area contributed by atoms with Gasteiger partial charge in [0, 0.05) is 6.04 Å². The third-order valence-corrected chi connectivity index (χ3v) is 6.14. The molecule has 0 aromatic heterocycles. The highest BCUT2D eigenvalue weighted by Gasteiger charge is 2.33. The Labute approximate surface area is 214 Å². The van der Waals surface area contributed by atoms with Gasteiger partial charge in [-0.25, -0.2) is 0 Å². The minimum Gasteiger partial charge on any atom is -0.377 e. The van der Waals surface area contributed by atoms with Crippen molar-refractivity contribution < 1.29 is 14.2 Å². The summed E-state index contributed by atoms with van der Waals surface area (Å²) in [6.45, 7) is 20.0. The second-order valence-corrected chi connectivity index (χ2v) is 11.4. The summed E-state index contributed by atoms with van der Waals surface area (Å²) in [4.78, 5) is 0. The molecular weight excluding hydrogens is 422 g/mol. The van der Waals surface area contributed by atoms with Gasteiger partial charge < -0.3 is 19.5 Å². The second-order valence-electron chi connectivity index (χ2n) is 11.4. The molecule has 0 aliphatic carbocycles. The topological polar surface area (TPSA) is 39.7 Å². The summed E-state index contributed by atoms with van der Waals surface area (Å²) in [5.74, 6) is 0. The van der Waals surface area contributed by atoms with Crippen LogP contribution in [0.25, 0.3) is 0 Å². The lowest BCUT2D eigenvalue weighted by Gasteiger charge is -2.37. The highest BCUT2D eigenvalue weighted by Crippen LogP contribution is 2.21. The van der Waals surface area contributed by atoms with Crippen molar-refractivity contribution in [2.45, 2.75) is 188 Å². The van der Waals surface area contributed by atoms with Crippen molar-refractivity contribution in [1.82, 2.24) is 5.32 Å². The van der Waals surface area contributed by atoms with Crippen LogP contribution in [0.5, 0.6) is 0 Å². The molecule has 0 saturated heterocycles. The summed E-state index contributed by atoms with van der Waals surface area (Å²) in [5, 5.41) is 3.71. The summed E-state index contributed by atoms with van der Waals surface area (Å²) >= 11 is 0. The Morgan fingerprint density at radius 1 is 0.559 bits per heavy atom. The number of rotatable bonds is 24. The van der Waals surface area contributed by atoms with Gasteiger partial charge in [0.05, 0.1) is 37.1 Å². The van der Waals surface area contributed by atoms with E-state index in [2.05, 4.69) is 67.6 Å². The summed E-state index contributed by atoms with van der Waals surface area (Å²) in [6.07, 6.45) is 18.1. The molecule has 206 valence electrons. The molecule has 1 N–H and O–H groups in total. The standard InChI is InChI=1S/C30H63NO3/c1-10-11-12-13-14-15-16-17-18-19-20-21-22-29(33-26(6)7)30(34-27(8)9)28(31-24(2)3)23-32-25(4)5/h24-31H,10-23H2,1-9H3. The molecular formula is C30H63NO3. The average molecular weight is 486 g/mol. The largest absolute Gasteiger partial charge is 0.377 e. The van der Waals surface area contributed by atoms with Gasteiger partial charge in [0.25, 0.3) is 0 Å². The van der Waals surface area contributed by atoms with Crippen molar-refractivity contribution in [3.8, 4) is 0 Å². The van der Waals surface area contributed by atoms with Crippen LogP contribution in [0.2, 0.25) is 0 Å². The lowest BCUT2D eigenvalue weighted by atomic mass is 9.98. The van der Waals surface area contributed by atoms with Crippen molar-refractivity contribution in [2.24, 2.45) is 0 Å². The molecule has 4 heteroatoms. The van der Waals surface area contributed by atoms with Gasteiger partial charge in [-0.2, -0.15) is 0 Å². The predicted octanol–water partition coefficient (Wildman–Crippen LogP) is 8.46. The first kappa shape index (κ1) is 33.8. The predicted molar refractivity (Wildman–Crippen MR) is 149 cm³/mol. The first-order chi connectivity index (χ1) is 16.2. The van der Waals surface area contributed by atoms with Crippen LogP contribution in [0.4, 0.5) is 0 Å². The summed E-state index contributed by atoms with van der Waals surface area (Å²) < 4.78 is 19.0. The maximum atomic E-state index is 6.50. The fraction of sp³-hybridized carbons (Fsp3) is 1.00. The zero-order chi connectivity index (χ0) is 25.8. The van der Waals surface area contributed by atoms with E-state index in [1.54, 1.807) is 0 Å². The van der Waals surface area contributed by atoms with E-state index >= 15 is 0 Å². The molecule has 3 unspecified atom stereocenters. The number of hydrogen-bond acceptors (Lipinski definition) is 4. The van der Waals surface area contributed by atoms with Crippen molar-refractivity contribution in [3.05, 3.63) is 0 Å². The summed E-state index contributed by atoms with van der Waals surface area (Å²) in [5.41, 5.74) is 0. The Hall–Kier alpha value is -0.160. The molecule has 0 rings (SSSR count). The van der Waals surface area contributed by atoms with Gasteiger partial charge in [-0.15, -0.1) is 0 Å². The van der Waals surface area contributed by atoms with Gasteiger partial charge >= 0.3 is 0 Å².